The molecular formula is C24H31ClN2O4. The normalized spacial score (nSPS) is 16.0. The number of likely N-dealkylation sites (tertiary alicyclic amines) is 1. The van der Waals surface area contributed by atoms with Crippen LogP contribution in [0.5, 0.6) is 11.5 Å². The van der Waals surface area contributed by atoms with Gasteiger partial charge in [0.2, 0.25) is 0 Å². The lowest BCUT2D eigenvalue weighted by atomic mass is 10.1. The van der Waals surface area contributed by atoms with Gasteiger partial charge in [-0.3, -0.25) is 9.69 Å². The number of hydrogen-bond acceptors (Lipinski definition) is 5. The van der Waals surface area contributed by atoms with Crippen LogP contribution in [0.1, 0.15) is 30.1 Å². The lowest BCUT2D eigenvalue weighted by Crippen LogP contribution is -2.45. The monoisotopic (exact) mass is 446 g/mol. The van der Waals surface area contributed by atoms with Gasteiger partial charge in [0.25, 0.3) is 5.91 Å². The third-order valence-electron chi connectivity index (χ3n) is 5.41. The van der Waals surface area contributed by atoms with Gasteiger partial charge in [0.15, 0.2) is 0 Å². The Balaban J connectivity index is 1.44. The summed E-state index contributed by atoms with van der Waals surface area (Å²) in [5.41, 5.74) is 0.510. The van der Waals surface area contributed by atoms with E-state index in [9.17, 15) is 4.79 Å². The van der Waals surface area contributed by atoms with Gasteiger partial charge in [-0.05, 0) is 50.1 Å². The molecule has 2 aromatic rings. The molecule has 1 N–H and O–H groups in total. The maximum atomic E-state index is 12.1. The van der Waals surface area contributed by atoms with Crippen molar-refractivity contribution >= 4 is 17.5 Å². The Kier molecular flexibility index (Phi) is 9.00. The number of hydrogen-bond donors (Lipinski definition) is 1. The summed E-state index contributed by atoms with van der Waals surface area (Å²) in [6.07, 6.45) is 1.95. The highest BCUT2D eigenvalue weighted by Gasteiger charge is 2.25. The molecule has 31 heavy (non-hydrogen) atoms. The summed E-state index contributed by atoms with van der Waals surface area (Å²) in [6.45, 7) is 5.67. The SMILES string of the molecule is COCCNC(=O)c1ccc(OC2CCN(C(C)COc3ccccc3)CC2)c(Cl)c1. The molecule has 3 rings (SSSR count). The van der Waals surface area contributed by atoms with Crippen LogP contribution in [0.2, 0.25) is 5.02 Å². The molecule has 1 heterocycles. The van der Waals surface area contributed by atoms with Crippen LogP contribution in [-0.2, 0) is 4.74 Å². The number of carbonyl (C=O) groups is 1. The third kappa shape index (κ3) is 7.13. The number of nitrogens with one attached hydrogen (secondary N) is 1. The fourth-order valence-corrected chi connectivity index (χ4v) is 3.78. The summed E-state index contributed by atoms with van der Waals surface area (Å²) in [5, 5.41) is 3.24. The standard InChI is InChI=1S/C24H31ClN2O4/c1-18(17-30-20-6-4-3-5-7-20)27-13-10-21(11-14-27)31-23-9-8-19(16-22(23)25)24(28)26-12-15-29-2/h3-9,16,18,21H,10-15,17H2,1-2H3,(H,26,28). The van der Waals surface area contributed by atoms with E-state index in [4.69, 9.17) is 25.8 Å². The van der Waals surface area contributed by atoms with Crippen LogP contribution < -0.4 is 14.8 Å². The Morgan fingerprint density at radius 1 is 1.19 bits per heavy atom. The van der Waals surface area contributed by atoms with Gasteiger partial charge in [-0.25, -0.2) is 0 Å². The molecule has 0 bridgehead atoms. The van der Waals surface area contributed by atoms with Crippen LogP contribution >= 0.6 is 11.6 Å². The van der Waals surface area contributed by atoms with E-state index >= 15 is 0 Å². The number of nitrogens with zero attached hydrogens (tertiary/aromatic N) is 1. The van der Waals surface area contributed by atoms with Gasteiger partial charge in [0.05, 0.1) is 11.6 Å². The second-order valence-electron chi connectivity index (χ2n) is 7.72. The van der Waals surface area contributed by atoms with Crippen molar-refractivity contribution in [3.05, 3.63) is 59.1 Å². The van der Waals surface area contributed by atoms with Gasteiger partial charge in [0, 0.05) is 38.3 Å². The molecule has 1 aliphatic rings. The predicted molar refractivity (Wildman–Crippen MR) is 122 cm³/mol. The summed E-state index contributed by atoms with van der Waals surface area (Å²) in [7, 11) is 1.60. The number of benzene rings is 2. The van der Waals surface area contributed by atoms with E-state index in [-0.39, 0.29) is 12.0 Å². The number of para-hydroxylation sites is 1. The first kappa shape index (κ1) is 23.4. The first-order valence-electron chi connectivity index (χ1n) is 10.7. The van der Waals surface area contributed by atoms with Gasteiger partial charge < -0.3 is 19.5 Å². The molecule has 1 unspecified atom stereocenters. The molecule has 0 radical (unpaired) electrons. The van der Waals surface area contributed by atoms with Crippen molar-refractivity contribution in [3.8, 4) is 11.5 Å². The van der Waals surface area contributed by atoms with Crippen LogP contribution in [0.25, 0.3) is 0 Å². The summed E-state index contributed by atoms with van der Waals surface area (Å²) >= 11 is 6.38. The summed E-state index contributed by atoms with van der Waals surface area (Å²) in [5.74, 6) is 1.34. The number of halogens is 1. The highest BCUT2D eigenvalue weighted by molar-refractivity contribution is 6.32. The number of carbonyl (C=O) groups excluding carboxylic acids is 1. The molecule has 1 aliphatic heterocycles. The van der Waals surface area contributed by atoms with E-state index in [1.807, 2.05) is 30.3 Å². The Morgan fingerprint density at radius 3 is 2.61 bits per heavy atom. The van der Waals surface area contributed by atoms with E-state index in [1.54, 1.807) is 25.3 Å². The van der Waals surface area contributed by atoms with Crippen molar-refractivity contribution in [3.63, 3.8) is 0 Å². The molecule has 1 fully saturated rings. The quantitative estimate of drug-likeness (QED) is 0.558. The first-order valence-corrected chi connectivity index (χ1v) is 11.1. The van der Waals surface area contributed by atoms with Gasteiger partial charge in [-0.2, -0.15) is 0 Å². The largest absolute Gasteiger partial charge is 0.492 e. The number of ether oxygens (including phenoxy) is 3. The fourth-order valence-electron chi connectivity index (χ4n) is 3.56. The third-order valence-corrected chi connectivity index (χ3v) is 5.71. The predicted octanol–water partition coefficient (Wildman–Crippen LogP) is 4.03. The molecule has 1 saturated heterocycles. The highest BCUT2D eigenvalue weighted by Crippen LogP contribution is 2.29. The van der Waals surface area contributed by atoms with Crippen molar-refractivity contribution < 1.29 is 19.0 Å². The summed E-state index contributed by atoms with van der Waals surface area (Å²) < 4.78 is 17.0. The Bertz CT molecular complexity index is 826. The second kappa shape index (κ2) is 11.9. The maximum absolute atomic E-state index is 12.1. The molecule has 1 atom stereocenters. The Hall–Kier alpha value is -2.28. The average Bonchev–Trinajstić information content (AvgIpc) is 2.80. The fraction of sp³-hybridized carbons (Fsp3) is 0.458. The number of piperidine rings is 1. The smallest absolute Gasteiger partial charge is 0.251 e. The number of rotatable bonds is 10. The van der Waals surface area contributed by atoms with Crippen molar-refractivity contribution in [1.29, 1.82) is 0 Å². The minimum atomic E-state index is -0.175. The van der Waals surface area contributed by atoms with E-state index < -0.39 is 0 Å². The van der Waals surface area contributed by atoms with E-state index in [0.29, 0.717) is 42.1 Å². The highest BCUT2D eigenvalue weighted by atomic mass is 35.5. The second-order valence-corrected chi connectivity index (χ2v) is 8.13. The minimum absolute atomic E-state index is 0.109. The maximum Gasteiger partial charge on any atom is 0.251 e. The van der Waals surface area contributed by atoms with Crippen LogP contribution in [0.15, 0.2) is 48.5 Å². The lowest BCUT2D eigenvalue weighted by Gasteiger charge is -2.36. The van der Waals surface area contributed by atoms with Gasteiger partial charge in [-0.15, -0.1) is 0 Å². The Labute approximate surface area is 189 Å². The van der Waals surface area contributed by atoms with Gasteiger partial charge in [0.1, 0.15) is 24.2 Å². The van der Waals surface area contributed by atoms with Crippen LogP contribution in [0.3, 0.4) is 0 Å². The molecule has 0 aromatic heterocycles. The van der Waals surface area contributed by atoms with Gasteiger partial charge in [-0.1, -0.05) is 29.8 Å². The van der Waals surface area contributed by atoms with Gasteiger partial charge >= 0.3 is 0 Å². The molecule has 2 aromatic carbocycles. The average molecular weight is 447 g/mol. The molecule has 168 valence electrons. The molecule has 7 heteroatoms. The van der Waals surface area contributed by atoms with Crippen molar-refractivity contribution in [2.24, 2.45) is 0 Å². The zero-order valence-electron chi connectivity index (χ0n) is 18.2. The zero-order valence-corrected chi connectivity index (χ0v) is 18.9. The number of amides is 1. The topological polar surface area (TPSA) is 60.0 Å². The minimum Gasteiger partial charge on any atom is -0.492 e. The van der Waals surface area contributed by atoms with Crippen molar-refractivity contribution in [1.82, 2.24) is 10.2 Å². The Morgan fingerprint density at radius 2 is 1.94 bits per heavy atom. The van der Waals surface area contributed by atoms with E-state index in [1.165, 1.54) is 0 Å². The number of methoxy groups -OCH3 is 1. The zero-order chi connectivity index (χ0) is 22.1. The summed E-state index contributed by atoms with van der Waals surface area (Å²) in [4.78, 5) is 14.6. The summed E-state index contributed by atoms with van der Waals surface area (Å²) in [6, 6.07) is 15.4. The molecule has 0 aliphatic carbocycles. The van der Waals surface area contributed by atoms with E-state index in [2.05, 4.69) is 17.1 Å². The van der Waals surface area contributed by atoms with E-state index in [0.717, 1.165) is 31.7 Å². The van der Waals surface area contributed by atoms with Crippen LogP contribution in [0, 0.1) is 0 Å². The van der Waals surface area contributed by atoms with Crippen LogP contribution in [-0.4, -0.2) is 62.9 Å². The molecule has 1 amide bonds. The lowest BCUT2D eigenvalue weighted by molar-refractivity contribution is 0.0637. The molecule has 0 saturated carbocycles. The van der Waals surface area contributed by atoms with Crippen LogP contribution in [0.4, 0.5) is 0 Å². The first-order chi connectivity index (χ1) is 15.1. The molecular weight excluding hydrogens is 416 g/mol. The molecule has 0 spiro atoms. The van der Waals surface area contributed by atoms with Crippen molar-refractivity contribution in [2.75, 3.05) is 40.0 Å². The molecule has 6 nitrogen and oxygen atoms in total. The van der Waals surface area contributed by atoms with Crippen molar-refractivity contribution in [2.45, 2.75) is 31.9 Å².